The molecule has 0 aliphatic rings. The van der Waals surface area contributed by atoms with Gasteiger partial charge in [0.2, 0.25) is 5.91 Å². The van der Waals surface area contributed by atoms with Crippen molar-refractivity contribution in [3.05, 3.63) is 60.7 Å². The fourth-order valence-corrected chi connectivity index (χ4v) is 2.30. The highest BCUT2D eigenvalue weighted by atomic mass is 16.2. The summed E-state index contributed by atoms with van der Waals surface area (Å²) >= 11 is 0. The largest absolute Gasteiger partial charge is 0.352 e. The quantitative estimate of drug-likeness (QED) is 0.685. The Morgan fingerprint density at radius 1 is 1.22 bits per heavy atom. The van der Waals surface area contributed by atoms with Crippen LogP contribution in [0, 0.1) is 0 Å². The fraction of sp³-hybridized carbons (Fsp3) is 0.267. The number of amides is 1. The first-order valence-corrected chi connectivity index (χ1v) is 7.34. The number of carbonyl (C=O) groups is 1. The molecule has 0 aliphatic carbocycles. The van der Waals surface area contributed by atoms with Crippen molar-refractivity contribution < 1.29 is 4.79 Å². The second kappa shape index (κ2) is 7.30. The van der Waals surface area contributed by atoms with Crippen LogP contribution < -0.4 is 5.32 Å². The van der Waals surface area contributed by atoms with Gasteiger partial charge >= 0.3 is 0 Å². The van der Waals surface area contributed by atoms with Crippen LogP contribution in [0.25, 0.3) is 0 Å². The van der Waals surface area contributed by atoms with Gasteiger partial charge in [-0.1, -0.05) is 30.3 Å². The zero-order chi connectivity index (χ0) is 15.9. The van der Waals surface area contributed by atoms with Crippen molar-refractivity contribution in [3.8, 4) is 0 Å². The van der Waals surface area contributed by atoms with Gasteiger partial charge in [0.15, 0.2) is 0 Å². The number of nitrogens with zero attached hydrogens (tertiary/aromatic N) is 6. The van der Waals surface area contributed by atoms with Crippen LogP contribution in [-0.2, 0) is 17.8 Å². The summed E-state index contributed by atoms with van der Waals surface area (Å²) in [4.78, 5) is 12.5. The summed E-state index contributed by atoms with van der Waals surface area (Å²) in [6, 6.07) is 11.2. The van der Waals surface area contributed by atoms with E-state index >= 15 is 0 Å². The Bertz CT molecular complexity index is 710. The Morgan fingerprint density at radius 3 is 2.78 bits per heavy atom. The molecule has 118 valence electrons. The SMILES string of the molecule is O=C(NCCn1cccn1)C(Cc1ccccc1)n1cnnn1. The van der Waals surface area contributed by atoms with Gasteiger partial charge in [-0.15, -0.1) is 5.10 Å². The first-order chi connectivity index (χ1) is 11.3. The molecule has 1 aromatic carbocycles. The zero-order valence-corrected chi connectivity index (χ0v) is 12.5. The maximum Gasteiger partial charge on any atom is 0.245 e. The Balaban J connectivity index is 1.64. The molecule has 0 saturated heterocycles. The predicted molar refractivity (Wildman–Crippen MR) is 82.2 cm³/mol. The van der Waals surface area contributed by atoms with Crippen LogP contribution >= 0.6 is 0 Å². The molecule has 0 radical (unpaired) electrons. The maximum absolute atomic E-state index is 12.5. The van der Waals surface area contributed by atoms with Crippen LogP contribution in [0.2, 0.25) is 0 Å². The molecule has 3 rings (SSSR count). The van der Waals surface area contributed by atoms with E-state index in [2.05, 4.69) is 25.9 Å². The summed E-state index contributed by atoms with van der Waals surface area (Å²) in [6.07, 6.45) is 5.55. The molecular weight excluding hydrogens is 294 g/mol. The van der Waals surface area contributed by atoms with E-state index in [1.165, 1.54) is 11.0 Å². The second-order valence-corrected chi connectivity index (χ2v) is 5.06. The molecule has 0 aliphatic heterocycles. The lowest BCUT2D eigenvalue weighted by Gasteiger charge is -2.16. The molecule has 0 saturated carbocycles. The smallest absolute Gasteiger partial charge is 0.245 e. The van der Waals surface area contributed by atoms with Crippen LogP contribution in [0.15, 0.2) is 55.1 Å². The first-order valence-electron chi connectivity index (χ1n) is 7.34. The summed E-state index contributed by atoms with van der Waals surface area (Å²) in [5.74, 6) is -0.117. The molecule has 8 heteroatoms. The molecule has 1 N–H and O–H groups in total. The van der Waals surface area contributed by atoms with Crippen LogP contribution in [-0.4, -0.2) is 42.4 Å². The average Bonchev–Trinajstić information content (AvgIpc) is 3.27. The van der Waals surface area contributed by atoms with E-state index in [1.807, 2.05) is 42.6 Å². The molecule has 23 heavy (non-hydrogen) atoms. The summed E-state index contributed by atoms with van der Waals surface area (Å²) in [6.45, 7) is 1.11. The minimum atomic E-state index is -0.481. The lowest BCUT2D eigenvalue weighted by molar-refractivity contribution is -0.124. The lowest BCUT2D eigenvalue weighted by Crippen LogP contribution is -2.36. The number of carbonyl (C=O) groups excluding carboxylic acids is 1. The third-order valence-corrected chi connectivity index (χ3v) is 3.46. The number of tetrazole rings is 1. The Kier molecular flexibility index (Phi) is 4.72. The van der Waals surface area contributed by atoms with Gasteiger partial charge in [0.05, 0.1) is 6.54 Å². The maximum atomic E-state index is 12.5. The van der Waals surface area contributed by atoms with Crippen molar-refractivity contribution in [2.45, 2.75) is 19.0 Å². The minimum Gasteiger partial charge on any atom is -0.352 e. The summed E-state index contributed by atoms with van der Waals surface area (Å²) in [5, 5.41) is 18.1. The molecule has 8 nitrogen and oxygen atoms in total. The van der Waals surface area contributed by atoms with Crippen molar-refractivity contribution in [2.24, 2.45) is 0 Å². The minimum absolute atomic E-state index is 0.117. The van der Waals surface area contributed by atoms with Crippen molar-refractivity contribution in [2.75, 3.05) is 6.54 Å². The standard InChI is InChI=1S/C15H17N7O/c23-15(16-8-10-21-9-4-7-18-21)14(22-12-17-19-20-22)11-13-5-2-1-3-6-13/h1-7,9,12,14H,8,10-11H2,(H,16,23). The van der Waals surface area contributed by atoms with Crippen molar-refractivity contribution in [1.29, 1.82) is 0 Å². The van der Waals surface area contributed by atoms with E-state index in [0.29, 0.717) is 19.5 Å². The highest BCUT2D eigenvalue weighted by Gasteiger charge is 2.21. The van der Waals surface area contributed by atoms with Crippen molar-refractivity contribution in [3.63, 3.8) is 0 Å². The normalized spacial score (nSPS) is 12.0. The second-order valence-electron chi connectivity index (χ2n) is 5.06. The molecule has 1 unspecified atom stereocenters. The topological polar surface area (TPSA) is 90.5 Å². The highest BCUT2D eigenvalue weighted by Crippen LogP contribution is 2.13. The first kappa shape index (κ1) is 14.9. The van der Waals surface area contributed by atoms with Crippen LogP contribution in [0.4, 0.5) is 0 Å². The van der Waals surface area contributed by atoms with Gasteiger partial charge in [0.25, 0.3) is 0 Å². The summed E-state index contributed by atoms with van der Waals surface area (Å²) < 4.78 is 3.25. The highest BCUT2D eigenvalue weighted by molar-refractivity contribution is 5.80. The van der Waals surface area contributed by atoms with Gasteiger partial charge < -0.3 is 5.32 Å². The molecule has 1 atom stereocenters. The average molecular weight is 311 g/mol. The van der Waals surface area contributed by atoms with Crippen LogP contribution in [0.3, 0.4) is 0 Å². The summed E-state index contributed by atoms with van der Waals surface area (Å²) in [5.41, 5.74) is 1.05. The monoisotopic (exact) mass is 311 g/mol. The number of nitrogens with one attached hydrogen (secondary N) is 1. The molecule has 0 spiro atoms. The van der Waals surface area contributed by atoms with E-state index in [4.69, 9.17) is 0 Å². The Labute approximate surface area is 133 Å². The third kappa shape index (κ3) is 4.00. The number of rotatable bonds is 7. The van der Waals surface area contributed by atoms with E-state index in [9.17, 15) is 4.79 Å². The lowest BCUT2D eigenvalue weighted by atomic mass is 10.1. The molecule has 2 aromatic heterocycles. The van der Waals surface area contributed by atoms with E-state index in [-0.39, 0.29) is 5.91 Å². The molecular formula is C15H17N7O. The van der Waals surface area contributed by atoms with E-state index < -0.39 is 6.04 Å². The van der Waals surface area contributed by atoms with Gasteiger partial charge in [-0.25, -0.2) is 4.68 Å². The Morgan fingerprint density at radius 2 is 2.09 bits per heavy atom. The zero-order valence-electron chi connectivity index (χ0n) is 12.5. The fourth-order valence-electron chi connectivity index (χ4n) is 2.30. The van der Waals surface area contributed by atoms with Crippen LogP contribution in [0.5, 0.6) is 0 Å². The molecule has 1 amide bonds. The Hall–Kier alpha value is -3.03. The molecule has 0 bridgehead atoms. The van der Waals surface area contributed by atoms with Crippen molar-refractivity contribution in [1.82, 2.24) is 35.3 Å². The van der Waals surface area contributed by atoms with Gasteiger partial charge in [-0.05, 0) is 22.1 Å². The van der Waals surface area contributed by atoms with E-state index in [1.54, 1.807) is 10.9 Å². The van der Waals surface area contributed by atoms with E-state index in [0.717, 1.165) is 5.56 Å². The third-order valence-electron chi connectivity index (χ3n) is 3.46. The number of aromatic nitrogens is 6. The molecule has 2 heterocycles. The van der Waals surface area contributed by atoms with Gasteiger partial charge in [-0.3, -0.25) is 9.48 Å². The van der Waals surface area contributed by atoms with Gasteiger partial charge in [0, 0.05) is 25.4 Å². The number of benzene rings is 1. The molecule has 0 fully saturated rings. The van der Waals surface area contributed by atoms with Gasteiger partial charge in [0.1, 0.15) is 12.4 Å². The summed E-state index contributed by atoms with van der Waals surface area (Å²) in [7, 11) is 0. The van der Waals surface area contributed by atoms with Crippen molar-refractivity contribution >= 4 is 5.91 Å². The predicted octanol–water partition coefficient (Wildman–Crippen LogP) is 0.470. The molecule has 3 aromatic rings. The number of hydrogen-bond acceptors (Lipinski definition) is 5. The van der Waals surface area contributed by atoms with Crippen LogP contribution in [0.1, 0.15) is 11.6 Å². The van der Waals surface area contributed by atoms with Gasteiger partial charge in [-0.2, -0.15) is 5.10 Å². The number of hydrogen-bond donors (Lipinski definition) is 1.